The molecule has 6 heteroatoms. The van der Waals surface area contributed by atoms with Crippen LogP contribution in [0.25, 0.3) is 0 Å². The van der Waals surface area contributed by atoms with Crippen LogP contribution in [0.2, 0.25) is 5.02 Å². The minimum absolute atomic E-state index is 0.0119. The summed E-state index contributed by atoms with van der Waals surface area (Å²) in [4.78, 5) is 28.9. The molecule has 2 aliphatic rings. The molecule has 27 heavy (non-hydrogen) atoms. The number of anilines is 1. The number of para-hydroxylation sites is 1. The summed E-state index contributed by atoms with van der Waals surface area (Å²) in [6.07, 6.45) is 1.19. The normalized spacial score (nSPS) is 22.1. The van der Waals surface area contributed by atoms with Gasteiger partial charge in [0.15, 0.2) is 0 Å². The Bertz CT molecular complexity index is 868. The third-order valence-electron chi connectivity index (χ3n) is 5.33. The van der Waals surface area contributed by atoms with Crippen molar-refractivity contribution in [3.05, 3.63) is 64.7 Å². The summed E-state index contributed by atoms with van der Waals surface area (Å²) >= 11 is 5.93. The van der Waals surface area contributed by atoms with E-state index in [1.165, 1.54) is 5.56 Å². The minimum Gasteiger partial charge on any atom is -0.321 e. The highest BCUT2D eigenvalue weighted by Gasteiger charge is 2.34. The molecule has 5 nitrogen and oxygen atoms in total. The monoisotopic (exact) mass is 383 g/mol. The molecule has 0 saturated carbocycles. The first-order valence-electron chi connectivity index (χ1n) is 9.19. The Morgan fingerprint density at radius 2 is 1.89 bits per heavy atom. The predicted molar refractivity (Wildman–Crippen MR) is 106 cm³/mol. The summed E-state index contributed by atoms with van der Waals surface area (Å²) in [7, 11) is 0. The van der Waals surface area contributed by atoms with Crippen LogP contribution >= 0.6 is 11.6 Å². The number of hydrogen-bond donors (Lipinski definition) is 1. The second-order valence-electron chi connectivity index (χ2n) is 7.21. The summed E-state index contributed by atoms with van der Waals surface area (Å²) in [5.74, 6) is -0.0465. The fraction of sp³-hybridized carbons (Fsp3) is 0.333. The molecule has 2 aliphatic heterocycles. The molecular weight excluding hydrogens is 362 g/mol. The van der Waals surface area contributed by atoms with Gasteiger partial charge in [0.2, 0.25) is 11.8 Å². The number of benzene rings is 2. The summed E-state index contributed by atoms with van der Waals surface area (Å²) in [6, 6.07) is 15.5. The van der Waals surface area contributed by atoms with Gasteiger partial charge >= 0.3 is 0 Å². The molecule has 0 radical (unpaired) electrons. The number of fused-ring (bicyclic) bond motifs is 1. The summed E-state index contributed by atoms with van der Waals surface area (Å²) in [5, 5.41) is 4.03. The van der Waals surface area contributed by atoms with Crippen LogP contribution in [0.1, 0.15) is 30.5 Å². The SMILES string of the molecule is CC1Cc2ccccc2N1C(=O)CN1CNC(c2ccc(Cl)cc2)CC1=O. The summed E-state index contributed by atoms with van der Waals surface area (Å²) in [5.41, 5.74) is 3.18. The van der Waals surface area contributed by atoms with E-state index in [1.54, 1.807) is 4.90 Å². The summed E-state index contributed by atoms with van der Waals surface area (Å²) < 4.78 is 0. The molecule has 140 valence electrons. The molecular formula is C21H22ClN3O2. The largest absolute Gasteiger partial charge is 0.321 e. The molecule has 1 fully saturated rings. The molecule has 2 aromatic carbocycles. The summed E-state index contributed by atoms with van der Waals surface area (Å²) in [6.45, 7) is 2.50. The number of hydrogen-bond acceptors (Lipinski definition) is 3. The van der Waals surface area contributed by atoms with Gasteiger partial charge in [-0.1, -0.05) is 41.9 Å². The lowest BCUT2D eigenvalue weighted by Gasteiger charge is -2.34. The number of amides is 2. The second-order valence-corrected chi connectivity index (χ2v) is 7.64. The van der Waals surface area contributed by atoms with Crippen LogP contribution < -0.4 is 10.2 Å². The van der Waals surface area contributed by atoms with Crippen LogP contribution in [0.15, 0.2) is 48.5 Å². The smallest absolute Gasteiger partial charge is 0.246 e. The molecule has 2 heterocycles. The molecule has 2 aromatic rings. The van der Waals surface area contributed by atoms with Crippen LogP contribution in [-0.4, -0.2) is 36.0 Å². The zero-order valence-corrected chi connectivity index (χ0v) is 15.9. The van der Waals surface area contributed by atoms with Gasteiger partial charge in [-0.15, -0.1) is 0 Å². The number of nitrogens with one attached hydrogen (secondary N) is 1. The predicted octanol–water partition coefficient (Wildman–Crippen LogP) is 3.14. The topological polar surface area (TPSA) is 52.7 Å². The average Bonchev–Trinajstić information content (AvgIpc) is 3.00. The first-order valence-corrected chi connectivity index (χ1v) is 9.57. The van der Waals surface area contributed by atoms with Crippen molar-refractivity contribution < 1.29 is 9.59 Å². The van der Waals surface area contributed by atoms with Crippen molar-refractivity contribution in [2.45, 2.75) is 31.8 Å². The third kappa shape index (κ3) is 3.57. The van der Waals surface area contributed by atoms with Gasteiger partial charge in [-0.25, -0.2) is 0 Å². The van der Waals surface area contributed by atoms with E-state index in [9.17, 15) is 9.59 Å². The van der Waals surface area contributed by atoms with E-state index in [-0.39, 0.29) is 30.4 Å². The van der Waals surface area contributed by atoms with E-state index in [2.05, 4.69) is 11.4 Å². The number of nitrogens with zero attached hydrogens (tertiary/aromatic N) is 2. The Morgan fingerprint density at radius 1 is 1.15 bits per heavy atom. The number of carbonyl (C=O) groups excluding carboxylic acids is 2. The zero-order valence-electron chi connectivity index (χ0n) is 15.2. The maximum atomic E-state index is 12.9. The third-order valence-corrected chi connectivity index (χ3v) is 5.59. The second kappa shape index (κ2) is 7.33. The molecule has 0 bridgehead atoms. The van der Waals surface area contributed by atoms with Gasteiger partial charge in [-0.3, -0.25) is 14.9 Å². The Balaban J connectivity index is 1.41. The van der Waals surface area contributed by atoms with Crippen LogP contribution in [0.4, 0.5) is 5.69 Å². The van der Waals surface area contributed by atoms with E-state index in [0.29, 0.717) is 18.1 Å². The van der Waals surface area contributed by atoms with Crippen molar-refractivity contribution in [1.29, 1.82) is 0 Å². The molecule has 2 amide bonds. The number of rotatable bonds is 3. The molecule has 1 N–H and O–H groups in total. The van der Waals surface area contributed by atoms with Crippen molar-refractivity contribution in [2.75, 3.05) is 18.1 Å². The lowest BCUT2D eigenvalue weighted by Crippen LogP contribution is -2.52. The van der Waals surface area contributed by atoms with Gasteiger partial charge < -0.3 is 9.80 Å². The highest BCUT2D eigenvalue weighted by molar-refractivity contribution is 6.30. The maximum absolute atomic E-state index is 12.9. The number of halogens is 1. The van der Waals surface area contributed by atoms with Gasteiger partial charge in [-0.2, -0.15) is 0 Å². The van der Waals surface area contributed by atoms with Crippen LogP contribution in [0, 0.1) is 0 Å². The molecule has 0 aromatic heterocycles. The lowest BCUT2D eigenvalue weighted by molar-refractivity contribution is -0.138. The van der Waals surface area contributed by atoms with E-state index in [0.717, 1.165) is 17.7 Å². The van der Waals surface area contributed by atoms with Gasteiger partial charge in [0.05, 0.1) is 6.67 Å². The Labute approximate surface area is 163 Å². The van der Waals surface area contributed by atoms with Crippen LogP contribution in [0.5, 0.6) is 0 Å². The zero-order chi connectivity index (χ0) is 19.0. The van der Waals surface area contributed by atoms with Gasteiger partial charge in [0, 0.05) is 29.2 Å². The first kappa shape index (κ1) is 18.0. The van der Waals surface area contributed by atoms with Crippen molar-refractivity contribution in [1.82, 2.24) is 10.2 Å². The van der Waals surface area contributed by atoms with Gasteiger partial charge in [0.25, 0.3) is 0 Å². The lowest BCUT2D eigenvalue weighted by atomic mass is 10.0. The van der Waals surface area contributed by atoms with E-state index >= 15 is 0 Å². The maximum Gasteiger partial charge on any atom is 0.246 e. The highest BCUT2D eigenvalue weighted by atomic mass is 35.5. The van der Waals surface area contributed by atoms with Crippen molar-refractivity contribution >= 4 is 29.1 Å². The van der Waals surface area contributed by atoms with E-state index in [4.69, 9.17) is 11.6 Å². The standard InChI is InChI=1S/C21H22ClN3O2/c1-14-10-16-4-2-3-5-19(16)25(14)21(27)12-24-13-23-18(11-20(24)26)15-6-8-17(22)9-7-15/h2-9,14,18,23H,10-13H2,1H3. The van der Waals surface area contributed by atoms with Crippen molar-refractivity contribution in [3.63, 3.8) is 0 Å². The molecule has 0 aliphatic carbocycles. The van der Waals surface area contributed by atoms with Crippen molar-refractivity contribution in [3.8, 4) is 0 Å². The average molecular weight is 384 g/mol. The molecule has 4 rings (SSSR count). The number of carbonyl (C=O) groups is 2. The molecule has 0 spiro atoms. The highest BCUT2D eigenvalue weighted by Crippen LogP contribution is 2.32. The van der Waals surface area contributed by atoms with Crippen LogP contribution in [-0.2, 0) is 16.0 Å². The quantitative estimate of drug-likeness (QED) is 0.885. The Hall–Kier alpha value is -2.37. The van der Waals surface area contributed by atoms with Gasteiger partial charge in [-0.05, 0) is 42.7 Å². The molecule has 2 unspecified atom stereocenters. The Kier molecular flexibility index (Phi) is 4.89. The molecule has 1 saturated heterocycles. The fourth-order valence-electron chi connectivity index (χ4n) is 3.94. The van der Waals surface area contributed by atoms with E-state index < -0.39 is 0 Å². The van der Waals surface area contributed by atoms with E-state index in [1.807, 2.05) is 54.3 Å². The minimum atomic E-state index is -0.0486. The molecule has 2 atom stereocenters. The Morgan fingerprint density at radius 3 is 2.63 bits per heavy atom. The van der Waals surface area contributed by atoms with Crippen LogP contribution in [0.3, 0.4) is 0 Å². The first-order chi connectivity index (χ1) is 13.0. The fourth-order valence-corrected chi connectivity index (χ4v) is 4.07. The van der Waals surface area contributed by atoms with Gasteiger partial charge in [0.1, 0.15) is 6.54 Å². The van der Waals surface area contributed by atoms with Crippen molar-refractivity contribution in [2.24, 2.45) is 0 Å².